The number of nitrogens with zero attached hydrogens (tertiary/aromatic N) is 3. The molecule has 0 bridgehead atoms. The van der Waals surface area contributed by atoms with Gasteiger partial charge in [-0.05, 0) is 44.2 Å². The average molecular weight is 361 g/mol. The third-order valence-electron chi connectivity index (χ3n) is 5.67. The van der Waals surface area contributed by atoms with Crippen molar-refractivity contribution in [2.75, 3.05) is 18.0 Å². The first-order valence-electron chi connectivity index (χ1n) is 9.95. The summed E-state index contributed by atoms with van der Waals surface area (Å²) in [6.07, 6.45) is 5.15. The zero-order valence-electron chi connectivity index (χ0n) is 16.3. The van der Waals surface area contributed by atoms with Gasteiger partial charge in [0.05, 0.1) is 23.5 Å². The Labute approximate surface area is 161 Å². The number of benzene rings is 1. The third-order valence-corrected chi connectivity index (χ3v) is 5.67. The van der Waals surface area contributed by atoms with Gasteiger partial charge in [0.1, 0.15) is 11.9 Å². The van der Waals surface area contributed by atoms with Gasteiger partial charge in [0.15, 0.2) is 0 Å². The van der Waals surface area contributed by atoms with E-state index < -0.39 is 0 Å². The van der Waals surface area contributed by atoms with Crippen molar-refractivity contribution in [3.63, 3.8) is 0 Å². The predicted molar refractivity (Wildman–Crippen MR) is 107 cm³/mol. The maximum atomic E-state index is 10.00. The summed E-state index contributed by atoms with van der Waals surface area (Å²) in [6.45, 7) is 6.73. The van der Waals surface area contributed by atoms with Gasteiger partial charge >= 0.3 is 0 Å². The van der Waals surface area contributed by atoms with E-state index in [1.807, 2.05) is 6.07 Å². The van der Waals surface area contributed by atoms with Gasteiger partial charge in [-0.1, -0.05) is 30.3 Å². The molecule has 0 unspecified atom stereocenters. The third kappa shape index (κ3) is 3.70. The fourth-order valence-electron chi connectivity index (χ4n) is 4.21. The highest BCUT2D eigenvalue weighted by molar-refractivity contribution is 5.62. The van der Waals surface area contributed by atoms with Crippen LogP contribution in [0, 0.1) is 11.3 Å². The molecule has 3 heterocycles. The van der Waals surface area contributed by atoms with E-state index in [1.165, 1.54) is 24.8 Å². The van der Waals surface area contributed by atoms with E-state index in [9.17, 15) is 5.26 Å². The van der Waals surface area contributed by atoms with E-state index >= 15 is 0 Å². The molecule has 4 nitrogen and oxygen atoms in total. The number of nitriles is 1. The molecule has 27 heavy (non-hydrogen) atoms. The Hall–Kier alpha value is -2.38. The van der Waals surface area contributed by atoms with Gasteiger partial charge in [-0.15, -0.1) is 0 Å². The van der Waals surface area contributed by atoms with Gasteiger partial charge in [0.2, 0.25) is 0 Å². The van der Waals surface area contributed by atoms with Crippen LogP contribution in [0.2, 0.25) is 0 Å². The highest BCUT2D eigenvalue weighted by Gasteiger charge is 2.33. The molecule has 4 heteroatoms. The molecule has 1 fully saturated rings. The van der Waals surface area contributed by atoms with Crippen LogP contribution in [0.3, 0.4) is 0 Å². The summed E-state index contributed by atoms with van der Waals surface area (Å²) >= 11 is 0. The lowest BCUT2D eigenvalue weighted by atomic mass is 9.87. The summed E-state index contributed by atoms with van der Waals surface area (Å²) in [6, 6.07) is 12.9. The molecule has 2 aliphatic heterocycles. The number of piperidine rings is 1. The molecule has 0 amide bonds. The van der Waals surface area contributed by atoms with Crippen molar-refractivity contribution >= 4 is 5.82 Å². The molecule has 0 spiro atoms. The van der Waals surface area contributed by atoms with Crippen LogP contribution in [-0.4, -0.2) is 23.7 Å². The van der Waals surface area contributed by atoms with Crippen molar-refractivity contribution < 1.29 is 4.74 Å². The standard InChI is InChI=1S/C23H27N3O/c1-23(2)14-18-19(15-24)22(26-11-7-4-8-12-26)25-21(20(18)16-27-23)13-17-9-5-3-6-10-17/h3,5-6,9-10H,4,7-8,11-14,16H2,1-2H3. The first kappa shape index (κ1) is 18.0. The second-order valence-corrected chi connectivity index (χ2v) is 8.26. The Bertz CT molecular complexity index is 861. The number of pyridine rings is 1. The second kappa shape index (κ2) is 7.32. The first-order valence-corrected chi connectivity index (χ1v) is 9.95. The molecule has 0 N–H and O–H groups in total. The Kier molecular flexibility index (Phi) is 4.88. The predicted octanol–water partition coefficient (Wildman–Crippen LogP) is 4.39. The van der Waals surface area contributed by atoms with Crippen LogP contribution in [-0.2, 0) is 24.2 Å². The molecule has 2 aliphatic rings. The van der Waals surface area contributed by atoms with E-state index in [2.05, 4.69) is 49.1 Å². The summed E-state index contributed by atoms with van der Waals surface area (Å²) in [7, 11) is 0. The SMILES string of the molecule is CC1(C)Cc2c(C#N)c(N3CCCCC3)nc(Cc3ccccc3)c2CO1. The lowest BCUT2D eigenvalue weighted by Gasteiger charge is -2.36. The number of ether oxygens (including phenoxy) is 1. The topological polar surface area (TPSA) is 49.2 Å². The molecule has 2 aromatic rings. The molecule has 0 atom stereocenters. The summed E-state index contributed by atoms with van der Waals surface area (Å²) in [4.78, 5) is 7.37. The molecule has 1 aromatic heterocycles. The Balaban J connectivity index is 1.84. The van der Waals surface area contributed by atoms with Crippen molar-refractivity contribution in [2.24, 2.45) is 0 Å². The minimum atomic E-state index is -0.247. The van der Waals surface area contributed by atoms with Crippen molar-refractivity contribution in [1.29, 1.82) is 5.26 Å². The maximum absolute atomic E-state index is 10.00. The summed E-state index contributed by atoms with van der Waals surface area (Å²) in [5, 5.41) is 10.00. The van der Waals surface area contributed by atoms with Crippen molar-refractivity contribution in [3.05, 3.63) is 58.3 Å². The van der Waals surface area contributed by atoms with E-state index in [0.29, 0.717) is 6.61 Å². The normalized spacial score (nSPS) is 18.6. The summed E-state index contributed by atoms with van der Waals surface area (Å²) in [5.41, 5.74) is 5.09. The molecular weight excluding hydrogens is 334 g/mol. The number of aromatic nitrogens is 1. The van der Waals surface area contributed by atoms with Gasteiger partial charge < -0.3 is 9.64 Å². The van der Waals surface area contributed by atoms with Gasteiger partial charge in [-0.25, -0.2) is 4.98 Å². The van der Waals surface area contributed by atoms with Crippen LogP contribution in [0.5, 0.6) is 0 Å². The van der Waals surface area contributed by atoms with E-state index in [-0.39, 0.29) is 5.60 Å². The molecule has 140 valence electrons. The van der Waals surface area contributed by atoms with Gasteiger partial charge in [0, 0.05) is 31.5 Å². The van der Waals surface area contributed by atoms with Gasteiger partial charge in [-0.3, -0.25) is 0 Å². The zero-order valence-corrected chi connectivity index (χ0v) is 16.3. The van der Waals surface area contributed by atoms with Crippen molar-refractivity contribution in [2.45, 2.75) is 58.2 Å². The van der Waals surface area contributed by atoms with Crippen LogP contribution in [0.15, 0.2) is 30.3 Å². The van der Waals surface area contributed by atoms with E-state index in [4.69, 9.17) is 9.72 Å². The number of fused-ring (bicyclic) bond motifs is 1. The van der Waals surface area contributed by atoms with Crippen molar-refractivity contribution in [1.82, 2.24) is 4.98 Å². The highest BCUT2D eigenvalue weighted by Crippen LogP contribution is 2.36. The molecule has 0 aliphatic carbocycles. The highest BCUT2D eigenvalue weighted by atomic mass is 16.5. The lowest BCUT2D eigenvalue weighted by Crippen LogP contribution is -2.36. The van der Waals surface area contributed by atoms with E-state index in [1.54, 1.807) is 0 Å². The number of rotatable bonds is 3. The molecule has 0 radical (unpaired) electrons. The Morgan fingerprint density at radius 2 is 1.85 bits per heavy atom. The minimum absolute atomic E-state index is 0.247. The van der Waals surface area contributed by atoms with Crippen LogP contribution in [0.1, 0.15) is 61.1 Å². The fraction of sp³-hybridized carbons (Fsp3) is 0.478. The Morgan fingerprint density at radius 3 is 2.56 bits per heavy atom. The number of hydrogen-bond donors (Lipinski definition) is 0. The van der Waals surface area contributed by atoms with Crippen LogP contribution in [0.4, 0.5) is 5.82 Å². The smallest absolute Gasteiger partial charge is 0.147 e. The zero-order chi connectivity index (χ0) is 18.9. The first-order chi connectivity index (χ1) is 13.1. The molecular formula is C23H27N3O. The van der Waals surface area contributed by atoms with Crippen LogP contribution < -0.4 is 4.90 Å². The maximum Gasteiger partial charge on any atom is 0.147 e. The van der Waals surface area contributed by atoms with E-state index in [0.717, 1.165) is 54.1 Å². The Morgan fingerprint density at radius 1 is 1.11 bits per heavy atom. The van der Waals surface area contributed by atoms with Crippen LogP contribution in [0.25, 0.3) is 0 Å². The minimum Gasteiger partial charge on any atom is -0.370 e. The molecule has 1 saturated heterocycles. The summed E-state index contributed by atoms with van der Waals surface area (Å²) in [5.74, 6) is 0.889. The molecule has 4 rings (SSSR count). The number of hydrogen-bond acceptors (Lipinski definition) is 4. The monoisotopic (exact) mass is 361 g/mol. The van der Waals surface area contributed by atoms with Crippen LogP contribution >= 0.6 is 0 Å². The van der Waals surface area contributed by atoms with Crippen molar-refractivity contribution in [3.8, 4) is 6.07 Å². The second-order valence-electron chi connectivity index (χ2n) is 8.26. The molecule has 1 aromatic carbocycles. The largest absolute Gasteiger partial charge is 0.370 e. The molecule has 0 saturated carbocycles. The lowest BCUT2D eigenvalue weighted by molar-refractivity contribution is -0.0406. The van der Waals surface area contributed by atoms with Gasteiger partial charge in [0.25, 0.3) is 0 Å². The number of anilines is 1. The summed E-state index contributed by atoms with van der Waals surface area (Å²) < 4.78 is 6.09. The average Bonchev–Trinajstić information content (AvgIpc) is 2.68. The quantitative estimate of drug-likeness (QED) is 0.814. The fourth-order valence-corrected chi connectivity index (χ4v) is 4.21. The van der Waals surface area contributed by atoms with Gasteiger partial charge in [-0.2, -0.15) is 5.26 Å².